The molecule has 4 nitrogen and oxygen atoms in total. The molecule has 0 aliphatic carbocycles. The van der Waals surface area contributed by atoms with Crippen LogP contribution in [0, 0.1) is 13.8 Å². The number of aliphatic hydroxyl groups is 1. The lowest BCUT2D eigenvalue weighted by molar-refractivity contribution is -0.0344. The standard InChI is InChI=1S/C25H30N2O2/c1-19-10-9-11-20(2)24(19)26-17-16-23(25(28)22-14-7-4-8-15-22)27-29-18-21-12-5-3-6-13-21/h3-15,23,25-28H,16-18H2,1-2H3. The number of hydroxylamine groups is 1. The first-order valence-electron chi connectivity index (χ1n) is 10.1. The van der Waals surface area contributed by atoms with Crippen LogP contribution in [0.4, 0.5) is 5.69 Å². The van der Waals surface area contributed by atoms with Gasteiger partial charge in [-0.05, 0) is 42.5 Å². The third kappa shape index (κ3) is 6.16. The van der Waals surface area contributed by atoms with Gasteiger partial charge in [-0.15, -0.1) is 0 Å². The smallest absolute Gasteiger partial charge is 0.0966 e. The normalized spacial score (nSPS) is 13.1. The van der Waals surface area contributed by atoms with Crippen molar-refractivity contribution in [3.05, 3.63) is 101 Å². The van der Waals surface area contributed by atoms with E-state index in [0.717, 1.165) is 23.4 Å². The fourth-order valence-electron chi connectivity index (χ4n) is 3.42. The van der Waals surface area contributed by atoms with Gasteiger partial charge in [-0.3, -0.25) is 4.84 Å². The van der Waals surface area contributed by atoms with Crippen LogP contribution in [-0.2, 0) is 11.4 Å². The molecule has 0 aliphatic heterocycles. The first-order chi connectivity index (χ1) is 14.1. The molecule has 0 aromatic heterocycles. The van der Waals surface area contributed by atoms with Gasteiger partial charge in [0.1, 0.15) is 0 Å². The Kier molecular flexibility index (Phi) is 7.82. The maximum Gasteiger partial charge on any atom is 0.0966 e. The predicted molar refractivity (Wildman–Crippen MR) is 119 cm³/mol. The minimum absolute atomic E-state index is 0.238. The van der Waals surface area contributed by atoms with Gasteiger partial charge in [0.15, 0.2) is 0 Å². The molecule has 0 heterocycles. The Bertz CT molecular complexity index is 848. The zero-order chi connectivity index (χ0) is 20.5. The van der Waals surface area contributed by atoms with Crippen LogP contribution in [0.5, 0.6) is 0 Å². The molecule has 2 atom stereocenters. The maximum atomic E-state index is 10.9. The average Bonchev–Trinajstić information content (AvgIpc) is 2.75. The van der Waals surface area contributed by atoms with Crippen molar-refractivity contribution in [1.29, 1.82) is 0 Å². The molecule has 0 saturated carbocycles. The Morgan fingerprint density at radius 3 is 2.10 bits per heavy atom. The summed E-state index contributed by atoms with van der Waals surface area (Å²) in [6, 6.07) is 25.8. The number of rotatable bonds is 10. The number of aliphatic hydroxyl groups excluding tert-OH is 1. The lowest BCUT2D eigenvalue weighted by atomic mass is 10.00. The predicted octanol–water partition coefficient (Wildman–Crippen LogP) is 4.93. The summed E-state index contributed by atoms with van der Waals surface area (Å²) in [4.78, 5) is 5.74. The van der Waals surface area contributed by atoms with E-state index in [1.54, 1.807) is 0 Å². The van der Waals surface area contributed by atoms with Gasteiger partial charge in [-0.1, -0.05) is 78.9 Å². The minimum atomic E-state index is -0.660. The van der Waals surface area contributed by atoms with Gasteiger partial charge in [0.2, 0.25) is 0 Å². The van der Waals surface area contributed by atoms with E-state index in [1.165, 1.54) is 11.1 Å². The second-order valence-corrected chi connectivity index (χ2v) is 7.34. The molecule has 3 aromatic carbocycles. The van der Waals surface area contributed by atoms with Crippen LogP contribution in [0.1, 0.15) is 34.8 Å². The van der Waals surface area contributed by atoms with Gasteiger partial charge in [0.25, 0.3) is 0 Å². The van der Waals surface area contributed by atoms with Gasteiger partial charge in [-0.25, -0.2) is 0 Å². The van der Waals surface area contributed by atoms with Crippen molar-refractivity contribution < 1.29 is 9.94 Å². The molecule has 0 radical (unpaired) electrons. The molecular formula is C25H30N2O2. The Morgan fingerprint density at radius 2 is 1.45 bits per heavy atom. The summed E-state index contributed by atoms with van der Waals surface area (Å²) in [6.07, 6.45) is 0.0465. The third-order valence-electron chi connectivity index (χ3n) is 5.08. The van der Waals surface area contributed by atoms with E-state index in [9.17, 15) is 5.11 Å². The Hall–Kier alpha value is -2.66. The number of aryl methyl sites for hydroxylation is 2. The van der Waals surface area contributed by atoms with Crippen LogP contribution in [0.2, 0.25) is 0 Å². The Balaban J connectivity index is 1.62. The van der Waals surface area contributed by atoms with E-state index in [2.05, 4.69) is 42.8 Å². The molecule has 0 bridgehead atoms. The highest BCUT2D eigenvalue weighted by molar-refractivity contribution is 5.56. The van der Waals surface area contributed by atoms with Crippen LogP contribution in [-0.4, -0.2) is 17.7 Å². The molecule has 4 heteroatoms. The topological polar surface area (TPSA) is 53.5 Å². The molecule has 29 heavy (non-hydrogen) atoms. The van der Waals surface area contributed by atoms with Gasteiger partial charge in [0, 0.05) is 12.2 Å². The molecule has 0 fully saturated rings. The summed E-state index contributed by atoms with van der Waals surface area (Å²) in [6.45, 7) is 5.38. The molecule has 0 saturated heterocycles. The molecule has 0 amide bonds. The fourth-order valence-corrected chi connectivity index (χ4v) is 3.42. The van der Waals surface area contributed by atoms with Crippen molar-refractivity contribution in [2.24, 2.45) is 0 Å². The average molecular weight is 391 g/mol. The maximum absolute atomic E-state index is 10.9. The molecule has 3 aromatic rings. The van der Waals surface area contributed by atoms with Gasteiger partial charge < -0.3 is 10.4 Å². The lowest BCUT2D eigenvalue weighted by Crippen LogP contribution is -2.36. The molecule has 3 N–H and O–H groups in total. The number of anilines is 1. The summed E-state index contributed by atoms with van der Waals surface area (Å²) in [5.41, 5.74) is 8.65. The van der Waals surface area contributed by atoms with Crippen molar-refractivity contribution in [2.45, 2.75) is 39.0 Å². The monoisotopic (exact) mass is 390 g/mol. The minimum Gasteiger partial charge on any atom is -0.387 e. The Morgan fingerprint density at radius 1 is 0.828 bits per heavy atom. The zero-order valence-corrected chi connectivity index (χ0v) is 17.1. The highest BCUT2D eigenvalue weighted by Gasteiger charge is 2.21. The van der Waals surface area contributed by atoms with Gasteiger partial charge in [-0.2, -0.15) is 5.48 Å². The van der Waals surface area contributed by atoms with E-state index in [4.69, 9.17) is 4.84 Å². The van der Waals surface area contributed by atoms with Crippen molar-refractivity contribution in [3.63, 3.8) is 0 Å². The SMILES string of the molecule is Cc1cccc(C)c1NCCC(NOCc1ccccc1)C(O)c1ccccc1. The quantitative estimate of drug-likeness (QED) is 0.430. The molecule has 3 rings (SSSR count). The summed E-state index contributed by atoms with van der Waals surface area (Å²) < 4.78 is 0. The molecule has 0 aliphatic rings. The van der Waals surface area contributed by atoms with Crippen LogP contribution in [0.3, 0.4) is 0 Å². The summed E-state index contributed by atoms with van der Waals surface area (Å²) >= 11 is 0. The van der Waals surface area contributed by atoms with Crippen LogP contribution in [0.15, 0.2) is 78.9 Å². The van der Waals surface area contributed by atoms with Crippen LogP contribution in [0.25, 0.3) is 0 Å². The zero-order valence-electron chi connectivity index (χ0n) is 17.1. The molecule has 2 unspecified atom stereocenters. The summed E-state index contributed by atoms with van der Waals surface area (Å²) in [7, 11) is 0. The first-order valence-corrected chi connectivity index (χ1v) is 10.1. The number of benzene rings is 3. The fraction of sp³-hybridized carbons (Fsp3) is 0.280. The third-order valence-corrected chi connectivity index (χ3v) is 5.08. The van der Waals surface area contributed by atoms with Crippen molar-refractivity contribution >= 4 is 5.69 Å². The van der Waals surface area contributed by atoms with Crippen molar-refractivity contribution in [3.8, 4) is 0 Å². The molecule has 0 spiro atoms. The molecule has 152 valence electrons. The van der Waals surface area contributed by atoms with Crippen LogP contribution >= 0.6 is 0 Å². The largest absolute Gasteiger partial charge is 0.387 e. The van der Waals surface area contributed by atoms with E-state index in [0.29, 0.717) is 13.0 Å². The Labute approximate surface area is 173 Å². The second kappa shape index (κ2) is 10.8. The van der Waals surface area contributed by atoms with Gasteiger partial charge in [0.05, 0.1) is 18.8 Å². The molecular weight excluding hydrogens is 360 g/mol. The second-order valence-electron chi connectivity index (χ2n) is 7.34. The summed E-state index contributed by atoms with van der Waals surface area (Å²) in [5.74, 6) is 0. The summed E-state index contributed by atoms with van der Waals surface area (Å²) in [5, 5.41) is 14.4. The number of para-hydroxylation sites is 1. The number of hydrogen-bond donors (Lipinski definition) is 3. The van der Waals surface area contributed by atoms with E-state index in [-0.39, 0.29) is 6.04 Å². The highest BCUT2D eigenvalue weighted by atomic mass is 16.6. The van der Waals surface area contributed by atoms with Gasteiger partial charge >= 0.3 is 0 Å². The lowest BCUT2D eigenvalue weighted by Gasteiger charge is -2.25. The van der Waals surface area contributed by atoms with Crippen molar-refractivity contribution in [2.75, 3.05) is 11.9 Å². The van der Waals surface area contributed by atoms with E-state index >= 15 is 0 Å². The first kappa shape index (κ1) is 21.1. The van der Waals surface area contributed by atoms with E-state index < -0.39 is 6.10 Å². The number of nitrogens with one attached hydrogen (secondary N) is 2. The van der Waals surface area contributed by atoms with Crippen molar-refractivity contribution in [1.82, 2.24) is 5.48 Å². The highest BCUT2D eigenvalue weighted by Crippen LogP contribution is 2.22. The van der Waals surface area contributed by atoms with Crippen LogP contribution < -0.4 is 10.8 Å². The van der Waals surface area contributed by atoms with E-state index in [1.807, 2.05) is 60.7 Å². The number of hydrogen-bond acceptors (Lipinski definition) is 4.